The van der Waals surface area contributed by atoms with Crippen molar-refractivity contribution in [1.29, 1.82) is 0 Å². The van der Waals surface area contributed by atoms with E-state index in [1.165, 1.54) is 0 Å². The smallest absolute Gasteiger partial charge is 0.143 e. The van der Waals surface area contributed by atoms with Crippen LogP contribution in [-0.4, -0.2) is 0 Å². The van der Waals surface area contributed by atoms with E-state index >= 15 is 0 Å². The van der Waals surface area contributed by atoms with Crippen molar-refractivity contribution >= 4 is 43.1 Å². The van der Waals surface area contributed by atoms with Crippen molar-refractivity contribution in [2.75, 3.05) is 0 Å². The molecular formula is C56H34O. The minimum atomic E-state index is -0.398. The molecule has 0 aromatic heterocycles. The first-order valence-corrected chi connectivity index (χ1v) is 19.2. The van der Waals surface area contributed by atoms with Crippen LogP contribution in [0.3, 0.4) is 0 Å². The maximum absolute atomic E-state index is 8.82. The Morgan fingerprint density at radius 1 is 0.316 bits per heavy atom. The summed E-state index contributed by atoms with van der Waals surface area (Å²) >= 11 is 0. The number of ether oxygens (including phenoxy) is 1. The van der Waals surface area contributed by atoms with E-state index in [-0.39, 0.29) is 29.7 Å². The summed E-state index contributed by atoms with van der Waals surface area (Å²) in [5.74, 6) is 1.66. The lowest BCUT2D eigenvalue weighted by atomic mass is 9.85. The van der Waals surface area contributed by atoms with Gasteiger partial charge >= 0.3 is 0 Å². The van der Waals surface area contributed by atoms with Crippen LogP contribution in [0.25, 0.3) is 110 Å². The van der Waals surface area contributed by atoms with Crippen molar-refractivity contribution in [3.63, 3.8) is 0 Å². The minimum Gasteiger partial charge on any atom is -0.455 e. The van der Waals surface area contributed by atoms with Crippen LogP contribution in [0.2, 0.25) is 0 Å². The van der Waals surface area contributed by atoms with E-state index in [1.807, 2.05) is 30.3 Å². The predicted octanol–water partition coefficient (Wildman–Crippen LogP) is 15.8. The second-order valence-electron chi connectivity index (χ2n) is 14.8. The van der Waals surface area contributed by atoms with Crippen molar-refractivity contribution in [2.24, 2.45) is 0 Å². The van der Waals surface area contributed by atoms with Gasteiger partial charge in [0.2, 0.25) is 0 Å². The van der Waals surface area contributed by atoms with Gasteiger partial charge in [-0.25, -0.2) is 0 Å². The third-order valence-corrected chi connectivity index (χ3v) is 11.7. The number of hydrogen-bond acceptors (Lipinski definition) is 1. The van der Waals surface area contributed by atoms with E-state index < -0.39 is 6.04 Å². The maximum Gasteiger partial charge on any atom is 0.143 e. The van der Waals surface area contributed by atoms with E-state index in [0.717, 1.165) is 110 Å². The van der Waals surface area contributed by atoms with Crippen molar-refractivity contribution in [3.05, 3.63) is 206 Å². The van der Waals surface area contributed by atoms with E-state index in [4.69, 9.17) is 11.6 Å². The van der Waals surface area contributed by atoms with Crippen LogP contribution < -0.4 is 4.74 Å². The highest BCUT2D eigenvalue weighted by atomic mass is 16.5. The lowest BCUT2D eigenvalue weighted by Gasteiger charge is -2.25. The molecule has 0 spiro atoms. The van der Waals surface area contributed by atoms with Gasteiger partial charge in [-0.2, -0.15) is 0 Å². The Hall–Kier alpha value is -7.48. The van der Waals surface area contributed by atoms with Gasteiger partial charge in [-0.05, 0) is 130 Å². The summed E-state index contributed by atoms with van der Waals surface area (Å²) in [5.41, 5.74) is 11.7. The zero-order valence-electron chi connectivity index (χ0n) is 35.7. The fourth-order valence-electron chi connectivity index (χ4n) is 9.04. The summed E-state index contributed by atoms with van der Waals surface area (Å²) in [6.45, 7) is 0. The van der Waals surface area contributed by atoms with Gasteiger partial charge in [0.25, 0.3) is 0 Å². The van der Waals surface area contributed by atoms with Crippen LogP contribution >= 0.6 is 0 Å². The highest BCUT2D eigenvalue weighted by molar-refractivity contribution is 6.27. The molecule has 1 aliphatic rings. The molecule has 11 aromatic rings. The lowest BCUT2D eigenvalue weighted by molar-refractivity contribution is 0.489. The molecule has 11 aromatic carbocycles. The molecule has 264 valence electrons. The Labute approximate surface area is 338 Å². The van der Waals surface area contributed by atoms with Gasteiger partial charge in [-0.3, -0.25) is 0 Å². The minimum absolute atomic E-state index is 0.207. The fourth-order valence-corrected chi connectivity index (χ4v) is 9.04. The summed E-state index contributed by atoms with van der Waals surface area (Å²) in [6.07, 6.45) is 0. The quantitative estimate of drug-likeness (QED) is 0.160. The van der Waals surface area contributed by atoms with Crippen LogP contribution in [0, 0.1) is 0 Å². The topological polar surface area (TPSA) is 9.23 Å². The van der Waals surface area contributed by atoms with Crippen molar-refractivity contribution in [2.45, 2.75) is 0 Å². The summed E-state index contributed by atoms with van der Waals surface area (Å²) in [6, 6.07) is 60.2. The van der Waals surface area contributed by atoms with E-state index in [1.54, 1.807) is 0 Å². The molecule has 0 bridgehead atoms. The number of rotatable bonds is 5. The van der Waals surface area contributed by atoms with E-state index in [2.05, 4.69) is 146 Å². The lowest BCUT2D eigenvalue weighted by Crippen LogP contribution is -2.00. The van der Waals surface area contributed by atoms with Crippen molar-refractivity contribution in [3.8, 4) is 78.3 Å². The Balaban J connectivity index is 1.08. The molecule has 0 aliphatic carbocycles. The first-order valence-electron chi connectivity index (χ1n) is 21.7. The molecule has 0 N–H and O–H groups in total. The van der Waals surface area contributed by atoms with Gasteiger partial charge in [-0.1, -0.05) is 170 Å². The standard InChI is InChI=1S/C56H34O/c1-4-11-35(12-5-1)41-24-30-52-51(34-41)48-18-10-17-38-21-27-47(56(57-52)55(38)48)44-32-42(36-13-6-2-7-14-36)31-43(33-44)46-26-20-40-22-28-49-45(37-15-8-3-9-16-37)25-19-39-23-29-50(46)54(40)53(39)49/h1-34H/i3D,8D,9D,15D,16D. The molecule has 57 heavy (non-hydrogen) atoms. The average Bonchev–Trinajstić information content (AvgIpc) is 3.32. The van der Waals surface area contributed by atoms with Gasteiger partial charge in [0.1, 0.15) is 11.5 Å². The van der Waals surface area contributed by atoms with E-state index in [9.17, 15) is 0 Å². The summed E-state index contributed by atoms with van der Waals surface area (Å²) in [4.78, 5) is 0. The van der Waals surface area contributed by atoms with Gasteiger partial charge < -0.3 is 4.74 Å². The Morgan fingerprint density at radius 3 is 1.56 bits per heavy atom. The normalized spacial score (nSPS) is 13.2. The van der Waals surface area contributed by atoms with Gasteiger partial charge in [0.05, 0.1) is 6.85 Å². The second kappa shape index (κ2) is 12.5. The maximum atomic E-state index is 8.82. The summed E-state index contributed by atoms with van der Waals surface area (Å²) in [7, 11) is 0. The van der Waals surface area contributed by atoms with E-state index in [0.29, 0.717) is 5.56 Å². The van der Waals surface area contributed by atoms with Crippen LogP contribution in [0.4, 0.5) is 0 Å². The van der Waals surface area contributed by atoms with Crippen LogP contribution in [-0.2, 0) is 0 Å². The van der Waals surface area contributed by atoms with Gasteiger partial charge in [-0.15, -0.1) is 0 Å². The van der Waals surface area contributed by atoms with Gasteiger partial charge in [0, 0.05) is 16.5 Å². The molecule has 12 rings (SSSR count). The Kier molecular flexibility index (Phi) is 5.97. The first-order chi connectivity index (χ1) is 30.3. The molecule has 0 amide bonds. The van der Waals surface area contributed by atoms with Crippen LogP contribution in [0.15, 0.2) is 206 Å². The van der Waals surface area contributed by atoms with Crippen LogP contribution in [0.1, 0.15) is 6.85 Å². The largest absolute Gasteiger partial charge is 0.455 e. The van der Waals surface area contributed by atoms with Crippen molar-refractivity contribution < 1.29 is 11.6 Å². The molecule has 0 radical (unpaired) electrons. The first kappa shape index (κ1) is 27.2. The zero-order chi connectivity index (χ0) is 41.8. The summed E-state index contributed by atoms with van der Waals surface area (Å²) < 4.78 is 49.7. The zero-order valence-corrected chi connectivity index (χ0v) is 30.7. The monoisotopic (exact) mass is 727 g/mol. The Morgan fingerprint density at radius 2 is 0.877 bits per heavy atom. The molecule has 1 aliphatic heterocycles. The highest BCUT2D eigenvalue weighted by Gasteiger charge is 2.25. The number of benzene rings is 11. The molecular weight excluding hydrogens is 689 g/mol. The molecule has 0 atom stereocenters. The number of fused-ring (bicyclic) bond motifs is 2. The Bertz CT molecular complexity index is 3630. The van der Waals surface area contributed by atoms with Gasteiger partial charge in [0.15, 0.2) is 0 Å². The molecule has 1 heteroatoms. The molecule has 0 saturated heterocycles. The molecule has 0 saturated carbocycles. The van der Waals surface area contributed by atoms with Crippen molar-refractivity contribution in [1.82, 2.24) is 0 Å². The predicted molar refractivity (Wildman–Crippen MR) is 240 cm³/mol. The van der Waals surface area contributed by atoms with Crippen LogP contribution in [0.5, 0.6) is 11.5 Å². The summed E-state index contributed by atoms with van der Waals surface area (Å²) in [5, 5.41) is 8.26. The molecule has 1 heterocycles. The highest BCUT2D eigenvalue weighted by Crippen LogP contribution is 2.52. The third-order valence-electron chi connectivity index (χ3n) is 11.7. The number of hydrogen-bond donors (Lipinski definition) is 0. The fraction of sp³-hybridized carbons (Fsp3) is 0. The third kappa shape index (κ3) is 5.03. The second-order valence-corrected chi connectivity index (χ2v) is 14.8. The molecule has 0 unspecified atom stereocenters. The average molecular weight is 728 g/mol. The molecule has 1 nitrogen and oxygen atoms in total. The SMILES string of the molecule is [2H]c1c([2H])c([2H])c(-c2ccc3ccc4c(-c5cc(-c6ccccc6)cc(-c6ccc7cccc8c7c6Oc6ccc(-c7ccccc7)cc6-8)c5)ccc5ccc2c3c54)c([2H])c1[2H]. The molecule has 0 fully saturated rings.